The standard InChI is InChI=1S/C4H10NO.ClH/c1-5(2)4-6-3;/h4H,1-3H3;1H/q+1;/p-1. The Kier molecular flexibility index (Phi) is 8.15. The Morgan fingerprint density at radius 3 is 1.86 bits per heavy atom. The van der Waals surface area contributed by atoms with Gasteiger partial charge in [0, 0.05) is 0 Å². The van der Waals surface area contributed by atoms with Crippen LogP contribution in [0.3, 0.4) is 0 Å². The summed E-state index contributed by atoms with van der Waals surface area (Å²) >= 11 is 0. The highest BCUT2D eigenvalue weighted by Gasteiger charge is 1.72. The van der Waals surface area contributed by atoms with E-state index in [1.165, 1.54) is 0 Å². The predicted octanol–water partition coefficient (Wildman–Crippen LogP) is -3.06. The summed E-state index contributed by atoms with van der Waals surface area (Å²) in [6.45, 7) is 0. The van der Waals surface area contributed by atoms with Crippen LogP contribution < -0.4 is 12.4 Å². The quantitative estimate of drug-likeness (QED) is 0.205. The average Bonchev–Trinajstić information content (AvgIpc) is 1.35. The molecule has 0 heterocycles. The van der Waals surface area contributed by atoms with Crippen molar-refractivity contribution in [3.05, 3.63) is 0 Å². The third kappa shape index (κ3) is 10.7. The fourth-order valence-corrected chi connectivity index (χ4v) is 0.211. The maximum absolute atomic E-state index is 4.60. The molecule has 44 valence electrons. The molecule has 0 aliphatic heterocycles. The Morgan fingerprint density at radius 1 is 1.43 bits per heavy atom. The first-order chi connectivity index (χ1) is 2.77. The third-order valence-corrected chi connectivity index (χ3v) is 0.316. The lowest BCUT2D eigenvalue weighted by Crippen LogP contribution is -3.00. The molecule has 7 heavy (non-hydrogen) atoms. The molecule has 0 saturated heterocycles. The summed E-state index contributed by atoms with van der Waals surface area (Å²) in [5, 5.41) is 0. The first-order valence-corrected chi connectivity index (χ1v) is 1.80. The second-order valence-electron chi connectivity index (χ2n) is 1.30. The highest BCUT2D eigenvalue weighted by Crippen LogP contribution is 1.50. The molecule has 0 aromatic rings. The molecular weight excluding hydrogens is 114 g/mol. The van der Waals surface area contributed by atoms with Crippen LogP contribution in [0, 0.1) is 0 Å². The highest BCUT2D eigenvalue weighted by atomic mass is 35.5. The van der Waals surface area contributed by atoms with E-state index in [0.29, 0.717) is 0 Å². The molecular formula is C4H10ClNO. The molecule has 0 rings (SSSR count). The molecule has 0 aliphatic rings. The van der Waals surface area contributed by atoms with Gasteiger partial charge in [0.15, 0.2) is 0 Å². The van der Waals surface area contributed by atoms with Crippen molar-refractivity contribution >= 4 is 6.40 Å². The van der Waals surface area contributed by atoms with Crippen molar-refractivity contribution in [2.45, 2.75) is 0 Å². The molecule has 0 aromatic carbocycles. The van der Waals surface area contributed by atoms with Gasteiger partial charge >= 0.3 is 6.40 Å². The molecule has 0 saturated carbocycles. The number of nitrogens with zero attached hydrogens (tertiary/aromatic N) is 1. The van der Waals surface area contributed by atoms with Crippen LogP contribution in [-0.2, 0) is 4.74 Å². The Hall–Kier alpha value is -0.240. The van der Waals surface area contributed by atoms with Crippen LogP contribution in [0.25, 0.3) is 0 Å². The van der Waals surface area contributed by atoms with Crippen LogP contribution in [0.5, 0.6) is 0 Å². The van der Waals surface area contributed by atoms with Gasteiger partial charge in [0.05, 0.1) is 7.11 Å². The summed E-state index contributed by atoms with van der Waals surface area (Å²) in [5.41, 5.74) is 0. The predicted molar refractivity (Wildman–Crippen MR) is 25.2 cm³/mol. The van der Waals surface area contributed by atoms with Gasteiger partial charge in [-0.3, -0.25) is 0 Å². The van der Waals surface area contributed by atoms with Crippen molar-refractivity contribution in [1.82, 2.24) is 0 Å². The molecule has 0 radical (unpaired) electrons. The largest absolute Gasteiger partial charge is 1.00 e. The average molecular weight is 124 g/mol. The minimum absolute atomic E-state index is 0. The summed E-state index contributed by atoms with van der Waals surface area (Å²) in [7, 11) is 5.44. The minimum atomic E-state index is 0. The van der Waals surface area contributed by atoms with E-state index in [1.807, 2.05) is 18.7 Å². The molecule has 0 spiro atoms. The van der Waals surface area contributed by atoms with Gasteiger partial charge in [-0.25, -0.2) is 4.58 Å². The summed E-state index contributed by atoms with van der Waals surface area (Å²) in [6.07, 6.45) is 1.62. The van der Waals surface area contributed by atoms with E-state index >= 15 is 0 Å². The Morgan fingerprint density at radius 2 is 1.86 bits per heavy atom. The molecule has 0 bridgehead atoms. The minimum Gasteiger partial charge on any atom is -1.00 e. The van der Waals surface area contributed by atoms with E-state index in [4.69, 9.17) is 0 Å². The van der Waals surface area contributed by atoms with Crippen LogP contribution in [0.2, 0.25) is 0 Å². The lowest BCUT2D eigenvalue weighted by Gasteiger charge is -1.80. The third-order valence-electron chi connectivity index (χ3n) is 0.316. The van der Waals surface area contributed by atoms with Gasteiger partial charge in [0.2, 0.25) is 0 Å². The second kappa shape index (κ2) is 5.76. The number of halogens is 1. The van der Waals surface area contributed by atoms with Crippen molar-refractivity contribution in [2.75, 3.05) is 21.2 Å². The lowest BCUT2D eigenvalue weighted by atomic mass is 11.1. The molecule has 0 unspecified atom stereocenters. The Labute approximate surface area is 50.2 Å². The van der Waals surface area contributed by atoms with E-state index in [2.05, 4.69) is 4.74 Å². The number of hydrogen-bond acceptors (Lipinski definition) is 1. The molecule has 0 N–H and O–H groups in total. The van der Waals surface area contributed by atoms with Crippen LogP contribution in [0.15, 0.2) is 0 Å². The first-order valence-electron chi connectivity index (χ1n) is 1.80. The fourth-order valence-electron chi connectivity index (χ4n) is 0.211. The highest BCUT2D eigenvalue weighted by molar-refractivity contribution is 5.38. The van der Waals surface area contributed by atoms with Gasteiger partial charge in [-0.1, -0.05) is 0 Å². The van der Waals surface area contributed by atoms with Crippen molar-refractivity contribution in [3.8, 4) is 0 Å². The zero-order valence-corrected chi connectivity index (χ0v) is 5.57. The van der Waals surface area contributed by atoms with Gasteiger partial charge in [-0.15, -0.1) is 0 Å². The fraction of sp³-hybridized carbons (Fsp3) is 0.750. The van der Waals surface area contributed by atoms with Crippen molar-refractivity contribution < 1.29 is 21.7 Å². The van der Waals surface area contributed by atoms with E-state index < -0.39 is 0 Å². The number of methoxy groups -OCH3 is 1. The van der Waals surface area contributed by atoms with Crippen LogP contribution in [-0.4, -0.2) is 32.2 Å². The van der Waals surface area contributed by atoms with E-state index in [-0.39, 0.29) is 12.4 Å². The number of rotatable bonds is 1. The van der Waals surface area contributed by atoms with Crippen molar-refractivity contribution in [2.24, 2.45) is 0 Å². The topological polar surface area (TPSA) is 12.2 Å². The smallest absolute Gasteiger partial charge is 0.322 e. The van der Waals surface area contributed by atoms with Crippen molar-refractivity contribution in [1.29, 1.82) is 0 Å². The SMILES string of the molecule is COC=[N+](C)C.[Cl-]. The summed E-state index contributed by atoms with van der Waals surface area (Å²) in [4.78, 5) is 0. The molecule has 0 atom stereocenters. The summed E-state index contributed by atoms with van der Waals surface area (Å²) < 4.78 is 6.44. The van der Waals surface area contributed by atoms with Crippen molar-refractivity contribution in [3.63, 3.8) is 0 Å². The number of ether oxygens (including phenoxy) is 1. The molecule has 0 fully saturated rings. The van der Waals surface area contributed by atoms with Gasteiger partial charge in [0.1, 0.15) is 14.1 Å². The van der Waals surface area contributed by atoms with Gasteiger partial charge in [-0.05, 0) is 0 Å². The monoisotopic (exact) mass is 123 g/mol. The zero-order valence-electron chi connectivity index (χ0n) is 4.81. The van der Waals surface area contributed by atoms with Gasteiger partial charge in [-0.2, -0.15) is 0 Å². The summed E-state index contributed by atoms with van der Waals surface area (Å²) in [6, 6.07) is 0. The second-order valence-corrected chi connectivity index (χ2v) is 1.30. The van der Waals surface area contributed by atoms with Crippen LogP contribution in [0.4, 0.5) is 0 Å². The van der Waals surface area contributed by atoms with E-state index in [9.17, 15) is 0 Å². The summed E-state index contributed by atoms with van der Waals surface area (Å²) in [5.74, 6) is 0. The maximum Gasteiger partial charge on any atom is 0.322 e. The van der Waals surface area contributed by atoms with Crippen LogP contribution >= 0.6 is 0 Å². The Bertz CT molecular complexity index is 58.7. The van der Waals surface area contributed by atoms with Gasteiger partial charge in [0.25, 0.3) is 0 Å². The molecule has 3 heteroatoms. The first kappa shape index (κ1) is 9.90. The Balaban J connectivity index is 0. The van der Waals surface area contributed by atoms with Crippen LogP contribution in [0.1, 0.15) is 0 Å². The molecule has 2 nitrogen and oxygen atoms in total. The molecule has 0 aromatic heterocycles. The van der Waals surface area contributed by atoms with E-state index in [0.717, 1.165) is 0 Å². The lowest BCUT2D eigenvalue weighted by molar-refractivity contribution is -0.467. The molecule has 0 aliphatic carbocycles. The molecule has 0 amide bonds. The zero-order chi connectivity index (χ0) is 4.99. The normalized spacial score (nSPS) is 6.14. The van der Waals surface area contributed by atoms with Gasteiger partial charge < -0.3 is 17.1 Å². The maximum atomic E-state index is 4.60. The number of hydrogen-bond donors (Lipinski definition) is 0. The van der Waals surface area contributed by atoms with E-state index in [1.54, 1.807) is 13.5 Å².